The molecule has 0 aromatic heterocycles. The summed E-state index contributed by atoms with van der Waals surface area (Å²) in [5.41, 5.74) is 1.98. The number of hydrogen-bond acceptors (Lipinski definition) is 3. The summed E-state index contributed by atoms with van der Waals surface area (Å²) in [4.78, 5) is 24.9. The molecular formula is C32H32FNO4. The van der Waals surface area contributed by atoms with Crippen molar-refractivity contribution in [2.75, 3.05) is 0 Å². The molecule has 2 N–H and O–H groups in total. The van der Waals surface area contributed by atoms with Crippen LogP contribution in [0.1, 0.15) is 96.1 Å². The van der Waals surface area contributed by atoms with Gasteiger partial charge in [0.05, 0.1) is 16.7 Å². The number of hydrogen-bond donors (Lipinski definition) is 2. The molecule has 6 heteroatoms. The molecule has 0 bridgehead atoms. The summed E-state index contributed by atoms with van der Waals surface area (Å²) in [5, 5.41) is 29.5. The van der Waals surface area contributed by atoms with Crippen LogP contribution in [0.5, 0.6) is 0 Å². The van der Waals surface area contributed by atoms with Crippen LogP contribution in [0.2, 0.25) is 0 Å². The molecule has 0 radical (unpaired) electrons. The standard InChI is InChI=1S/C32H32FNO4/c1-2-3-5-8-20-11-13-22(14-12-20)28-25(23-15-16-24(19-34)27(33)17-23)18-26(31(35)36)30(32(37)38)29(28)21-9-6-4-7-10-21/h4,6-7,9-10,15-18,20,22H,2-3,5,8,11-14H2,1H3,(H,35,36)(H,37,38)/t20-,22-. The Hall–Kier alpha value is -3.98. The van der Waals surface area contributed by atoms with Gasteiger partial charge in [0.25, 0.3) is 0 Å². The molecule has 0 aliphatic heterocycles. The maximum absolute atomic E-state index is 14.8. The molecule has 1 saturated carbocycles. The number of carbonyl (C=O) groups is 2. The minimum atomic E-state index is -1.36. The van der Waals surface area contributed by atoms with Gasteiger partial charge in [0.15, 0.2) is 0 Å². The van der Waals surface area contributed by atoms with Crippen LogP contribution < -0.4 is 0 Å². The van der Waals surface area contributed by atoms with Crippen molar-refractivity contribution in [1.82, 2.24) is 0 Å². The average Bonchev–Trinajstić information content (AvgIpc) is 2.92. The van der Waals surface area contributed by atoms with Crippen molar-refractivity contribution in [2.45, 2.75) is 64.2 Å². The van der Waals surface area contributed by atoms with Crippen LogP contribution in [0.3, 0.4) is 0 Å². The smallest absolute Gasteiger partial charge is 0.337 e. The number of nitriles is 1. The normalized spacial score (nSPS) is 17.1. The number of rotatable bonds is 9. The second-order valence-corrected chi connectivity index (χ2v) is 10.1. The fraction of sp³-hybridized carbons (Fsp3) is 0.344. The quantitative estimate of drug-likeness (QED) is 0.281. The van der Waals surface area contributed by atoms with E-state index in [1.54, 1.807) is 30.3 Å². The maximum Gasteiger partial charge on any atom is 0.337 e. The van der Waals surface area contributed by atoms with Crippen LogP contribution in [-0.2, 0) is 0 Å². The Bertz CT molecular complexity index is 1370. The van der Waals surface area contributed by atoms with Gasteiger partial charge in [0, 0.05) is 5.56 Å². The molecule has 1 aliphatic rings. The van der Waals surface area contributed by atoms with Gasteiger partial charge in [0.2, 0.25) is 0 Å². The zero-order chi connectivity index (χ0) is 27.2. The minimum absolute atomic E-state index is 0.0118. The number of benzene rings is 3. The lowest BCUT2D eigenvalue weighted by Crippen LogP contribution is -2.18. The molecule has 1 aliphatic carbocycles. The first kappa shape index (κ1) is 27.1. The Morgan fingerprint density at radius 3 is 2.24 bits per heavy atom. The third-order valence-corrected chi connectivity index (χ3v) is 7.75. The highest BCUT2D eigenvalue weighted by molar-refractivity contribution is 6.09. The molecule has 0 heterocycles. The van der Waals surface area contributed by atoms with Gasteiger partial charge in [-0.05, 0) is 78.0 Å². The van der Waals surface area contributed by atoms with E-state index in [-0.39, 0.29) is 22.6 Å². The number of nitrogens with zero attached hydrogens (tertiary/aromatic N) is 1. The Balaban J connectivity index is 1.95. The van der Waals surface area contributed by atoms with Crippen LogP contribution in [0.25, 0.3) is 22.3 Å². The molecule has 1 fully saturated rings. The van der Waals surface area contributed by atoms with Gasteiger partial charge in [-0.3, -0.25) is 0 Å². The summed E-state index contributed by atoms with van der Waals surface area (Å²) in [6.45, 7) is 2.19. The van der Waals surface area contributed by atoms with Gasteiger partial charge in [0.1, 0.15) is 11.9 Å². The van der Waals surface area contributed by atoms with E-state index in [1.807, 2.05) is 12.1 Å². The SMILES string of the molecule is CCCCC[C@H]1CC[C@H](c2c(-c3ccc(C#N)c(F)c3)cc(C(=O)O)c(C(=O)O)c2-c2ccccc2)CC1. The summed E-state index contributed by atoms with van der Waals surface area (Å²) >= 11 is 0. The first-order valence-corrected chi connectivity index (χ1v) is 13.3. The summed E-state index contributed by atoms with van der Waals surface area (Å²) in [7, 11) is 0. The number of halogens is 1. The second-order valence-electron chi connectivity index (χ2n) is 10.1. The predicted octanol–water partition coefficient (Wildman–Crippen LogP) is 8.28. The maximum atomic E-state index is 14.8. The zero-order valence-electron chi connectivity index (χ0n) is 21.5. The highest BCUT2D eigenvalue weighted by atomic mass is 19.1. The topological polar surface area (TPSA) is 98.4 Å². The Labute approximate surface area is 222 Å². The van der Waals surface area contributed by atoms with E-state index in [4.69, 9.17) is 0 Å². The number of carboxylic acid groups (broad SMARTS) is 2. The molecule has 0 saturated heterocycles. The van der Waals surface area contributed by atoms with Gasteiger partial charge < -0.3 is 10.2 Å². The Morgan fingerprint density at radius 1 is 0.947 bits per heavy atom. The van der Waals surface area contributed by atoms with Crippen LogP contribution in [0.15, 0.2) is 54.6 Å². The van der Waals surface area contributed by atoms with Gasteiger partial charge in [-0.1, -0.05) is 69.0 Å². The van der Waals surface area contributed by atoms with Crippen molar-refractivity contribution in [1.29, 1.82) is 5.26 Å². The fourth-order valence-electron chi connectivity index (χ4n) is 5.85. The first-order valence-electron chi connectivity index (χ1n) is 13.3. The Morgan fingerprint density at radius 2 is 1.66 bits per heavy atom. The van der Waals surface area contributed by atoms with E-state index in [1.165, 1.54) is 43.9 Å². The molecule has 0 atom stereocenters. The largest absolute Gasteiger partial charge is 0.478 e. The van der Waals surface area contributed by atoms with Crippen molar-refractivity contribution in [3.05, 3.63) is 82.7 Å². The summed E-state index contributed by atoms with van der Waals surface area (Å²) in [5.74, 6) is -2.77. The molecule has 5 nitrogen and oxygen atoms in total. The Kier molecular flexibility index (Phi) is 8.58. The van der Waals surface area contributed by atoms with Crippen LogP contribution in [-0.4, -0.2) is 22.2 Å². The lowest BCUT2D eigenvalue weighted by molar-refractivity contribution is 0.0652. The van der Waals surface area contributed by atoms with E-state index in [9.17, 15) is 29.5 Å². The minimum Gasteiger partial charge on any atom is -0.478 e. The molecule has 0 amide bonds. The number of carboxylic acids is 2. The fourth-order valence-corrected chi connectivity index (χ4v) is 5.85. The summed E-state index contributed by atoms with van der Waals surface area (Å²) in [6, 6.07) is 16.4. The molecule has 196 valence electrons. The molecule has 38 heavy (non-hydrogen) atoms. The highest BCUT2D eigenvalue weighted by Crippen LogP contribution is 2.47. The van der Waals surface area contributed by atoms with Crippen LogP contribution in [0, 0.1) is 23.1 Å². The molecule has 3 aromatic carbocycles. The van der Waals surface area contributed by atoms with Gasteiger partial charge in [-0.15, -0.1) is 0 Å². The van der Waals surface area contributed by atoms with Crippen molar-refractivity contribution < 1.29 is 24.2 Å². The summed E-state index contributed by atoms with van der Waals surface area (Å²) in [6.07, 6.45) is 8.46. The van der Waals surface area contributed by atoms with E-state index >= 15 is 0 Å². The van der Waals surface area contributed by atoms with Gasteiger partial charge in [-0.25, -0.2) is 14.0 Å². The third kappa shape index (κ3) is 5.62. The molecule has 3 aromatic rings. The zero-order valence-corrected chi connectivity index (χ0v) is 21.5. The lowest BCUT2D eigenvalue weighted by Gasteiger charge is -2.32. The van der Waals surface area contributed by atoms with E-state index in [0.29, 0.717) is 28.2 Å². The molecule has 0 spiro atoms. The van der Waals surface area contributed by atoms with E-state index in [0.717, 1.165) is 31.2 Å². The third-order valence-electron chi connectivity index (χ3n) is 7.75. The van der Waals surface area contributed by atoms with Crippen molar-refractivity contribution in [3.8, 4) is 28.3 Å². The van der Waals surface area contributed by atoms with E-state index < -0.39 is 17.8 Å². The molecular weight excluding hydrogens is 481 g/mol. The average molecular weight is 514 g/mol. The lowest BCUT2D eigenvalue weighted by atomic mass is 9.72. The van der Waals surface area contributed by atoms with Crippen molar-refractivity contribution in [3.63, 3.8) is 0 Å². The van der Waals surface area contributed by atoms with Gasteiger partial charge >= 0.3 is 11.9 Å². The van der Waals surface area contributed by atoms with Crippen molar-refractivity contribution in [2.24, 2.45) is 5.92 Å². The van der Waals surface area contributed by atoms with Crippen molar-refractivity contribution >= 4 is 11.9 Å². The van der Waals surface area contributed by atoms with E-state index in [2.05, 4.69) is 6.92 Å². The van der Waals surface area contributed by atoms with Crippen LogP contribution >= 0.6 is 0 Å². The predicted molar refractivity (Wildman–Crippen MR) is 145 cm³/mol. The monoisotopic (exact) mass is 513 g/mol. The summed E-state index contributed by atoms with van der Waals surface area (Å²) < 4.78 is 14.8. The van der Waals surface area contributed by atoms with Gasteiger partial charge in [-0.2, -0.15) is 5.26 Å². The number of unbranched alkanes of at least 4 members (excludes halogenated alkanes) is 2. The van der Waals surface area contributed by atoms with Crippen LogP contribution in [0.4, 0.5) is 4.39 Å². The second kappa shape index (κ2) is 12.0. The molecule has 0 unspecified atom stereocenters. The molecule has 4 rings (SSSR count). The first-order chi connectivity index (χ1) is 18.3. The number of aromatic carboxylic acids is 2. The highest BCUT2D eigenvalue weighted by Gasteiger charge is 2.32.